The van der Waals surface area contributed by atoms with Crippen LogP contribution >= 0.6 is 23.2 Å². The molecule has 0 bridgehead atoms. The average Bonchev–Trinajstić information content (AvgIpc) is 2.99. The van der Waals surface area contributed by atoms with Crippen molar-refractivity contribution in [2.45, 2.75) is 0 Å². The maximum atomic E-state index is 6.19. The third kappa shape index (κ3) is 1.99. The molecule has 3 rings (SSSR count). The Balaban J connectivity index is 2.29. The first-order valence-corrected chi connectivity index (χ1v) is 6.16. The van der Waals surface area contributed by atoms with Crippen molar-refractivity contribution in [2.24, 2.45) is 0 Å². The highest BCUT2D eigenvalue weighted by molar-refractivity contribution is 6.39. The van der Waals surface area contributed by atoms with E-state index in [1.165, 1.54) is 6.26 Å². The van der Waals surface area contributed by atoms with Gasteiger partial charge in [-0.15, -0.1) is 0 Å². The SMILES string of the molecule is Nc1onc(-c2ccoc2)c1-c1c(Cl)cccc1Cl. The zero-order valence-corrected chi connectivity index (χ0v) is 11.1. The Bertz CT molecular complexity index is 700. The summed E-state index contributed by atoms with van der Waals surface area (Å²) in [4.78, 5) is 0. The fourth-order valence-corrected chi connectivity index (χ4v) is 2.46. The van der Waals surface area contributed by atoms with Crippen LogP contribution in [0.4, 0.5) is 5.88 Å². The summed E-state index contributed by atoms with van der Waals surface area (Å²) < 4.78 is 10.1. The molecule has 0 fully saturated rings. The van der Waals surface area contributed by atoms with Crippen LogP contribution in [0.1, 0.15) is 0 Å². The van der Waals surface area contributed by atoms with Crippen molar-refractivity contribution < 1.29 is 8.94 Å². The first-order chi connectivity index (χ1) is 9.18. The molecule has 0 aliphatic carbocycles. The molecule has 3 aromatic rings. The molecule has 96 valence electrons. The van der Waals surface area contributed by atoms with Crippen LogP contribution in [0.25, 0.3) is 22.4 Å². The molecule has 0 aliphatic heterocycles. The minimum atomic E-state index is 0.159. The smallest absolute Gasteiger partial charge is 0.230 e. The van der Waals surface area contributed by atoms with Crippen LogP contribution in [0, 0.1) is 0 Å². The van der Waals surface area contributed by atoms with Gasteiger partial charge in [0.25, 0.3) is 0 Å². The molecular formula is C13H8Cl2N2O2. The summed E-state index contributed by atoms with van der Waals surface area (Å²) in [6.45, 7) is 0. The summed E-state index contributed by atoms with van der Waals surface area (Å²) in [6, 6.07) is 6.98. The van der Waals surface area contributed by atoms with Crippen LogP contribution in [0.5, 0.6) is 0 Å². The monoisotopic (exact) mass is 294 g/mol. The van der Waals surface area contributed by atoms with Crippen molar-refractivity contribution in [3.63, 3.8) is 0 Å². The van der Waals surface area contributed by atoms with Crippen LogP contribution in [0.15, 0.2) is 45.7 Å². The number of nitrogen functional groups attached to an aromatic ring is 1. The quantitative estimate of drug-likeness (QED) is 0.756. The van der Waals surface area contributed by atoms with Crippen molar-refractivity contribution >= 4 is 29.1 Å². The normalized spacial score (nSPS) is 10.8. The number of nitrogens with zero attached hydrogens (tertiary/aromatic N) is 1. The van der Waals surface area contributed by atoms with Gasteiger partial charge in [-0.2, -0.15) is 0 Å². The highest BCUT2D eigenvalue weighted by Crippen LogP contribution is 2.43. The molecule has 6 heteroatoms. The van der Waals surface area contributed by atoms with Gasteiger partial charge in [-0.25, -0.2) is 0 Å². The summed E-state index contributed by atoms with van der Waals surface area (Å²) >= 11 is 12.4. The molecule has 0 aliphatic rings. The lowest BCUT2D eigenvalue weighted by molar-refractivity contribution is 0.439. The summed E-state index contributed by atoms with van der Waals surface area (Å²) in [6.07, 6.45) is 3.09. The molecule has 0 saturated heterocycles. The van der Waals surface area contributed by atoms with E-state index in [2.05, 4.69) is 5.16 Å². The van der Waals surface area contributed by atoms with Gasteiger partial charge in [0.1, 0.15) is 5.69 Å². The van der Waals surface area contributed by atoms with Gasteiger partial charge < -0.3 is 14.7 Å². The van der Waals surface area contributed by atoms with Gasteiger partial charge in [-0.3, -0.25) is 0 Å². The molecule has 2 aromatic heterocycles. The van der Waals surface area contributed by atoms with E-state index in [-0.39, 0.29) is 5.88 Å². The molecule has 0 unspecified atom stereocenters. The molecule has 4 nitrogen and oxygen atoms in total. The third-order valence-electron chi connectivity index (χ3n) is 2.73. The van der Waals surface area contributed by atoms with E-state index < -0.39 is 0 Å². The highest BCUT2D eigenvalue weighted by Gasteiger charge is 2.22. The van der Waals surface area contributed by atoms with Gasteiger partial charge in [-0.1, -0.05) is 34.4 Å². The first kappa shape index (κ1) is 12.1. The summed E-state index contributed by atoms with van der Waals surface area (Å²) in [5, 5.41) is 4.90. The number of halogens is 2. The van der Waals surface area contributed by atoms with E-state index >= 15 is 0 Å². The number of anilines is 1. The largest absolute Gasteiger partial charge is 0.472 e. The topological polar surface area (TPSA) is 65.2 Å². The second-order valence-corrected chi connectivity index (χ2v) is 4.69. The predicted molar refractivity (Wildman–Crippen MR) is 74.1 cm³/mol. The van der Waals surface area contributed by atoms with Gasteiger partial charge in [0.15, 0.2) is 0 Å². The van der Waals surface area contributed by atoms with Crippen LogP contribution in [0.2, 0.25) is 10.0 Å². The van der Waals surface area contributed by atoms with Gasteiger partial charge in [-0.05, 0) is 18.2 Å². The lowest BCUT2D eigenvalue weighted by Crippen LogP contribution is -1.89. The first-order valence-electron chi connectivity index (χ1n) is 5.40. The third-order valence-corrected chi connectivity index (χ3v) is 3.36. The summed E-state index contributed by atoms with van der Waals surface area (Å²) in [5.41, 5.74) is 8.29. The van der Waals surface area contributed by atoms with Gasteiger partial charge in [0, 0.05) is 11.1 Å². The van der Waals surface area contributed by atoms with E-state index in [9.17, 15) is 0 Å². The van der Waals surface area contributed by atoms with Crippen molar-refractivity contribution in [1.29, 1.82) is 0 Å². The Morgan fingerprint density at radius 2 is 1.79 bits per heavy atom. The fourth-order valence-electron chi connectivity index (χ4n) is 1.88. The number of hydrogen-bond acceptors (Lipinski definition) is 4. The van der Waals surface area contributed by atoms with E-state index in [0.717, 1.165) is 5.56 Å². The molecule has 19 heavy (non-hydrogen) atoms. The number of rotatable bonds is 2. The second-order valence-electron chi connectivity index (χ2n) is 3.88. The van der Waals surface area contributed by atoms with Crippen molar-refractivity contribution in [3.05, 3.63) is 46.8 Å². The Morgan fingerprint density at radius 1 is 1.05 bits per heavy atom. The average molecular weight is 295 g/mol. The standard InChI is InChI=1S/C13H8Cl2N2O2/c14-8-2-1-3-9(15)10(8)11-12(17-19-13(11)16)7-4-5-18-6-7/h1-6H,16H2. The van der Waals surface area contributed by atoms with Crippen LogP contribution in [0.3, 0.4) is 0 Å². The zero-order chi connectivity index (χ0) is 13.4. The van der Waals surface area contributed by atoms with Crippen molar-refractivity contribution in [1.82, 2.24) is 5.16 Å². The zero-order valence-electron chi connectivity index (χ0n) is 9.56. The maximum Gasteiger partial charge on any atom is 0.230 e. The molecule has 0 saturated carbocycles. The molecule has 2 heterocycles. The summed E-state index contributed by atoms with van der Waals surface area (Å²) in [5.74, 6) is 0.159. The fraction of sp³-hybridized carbons (Fsp3) is 0. The molecule has 0 radical (unpaired) electrons. The number of benzene rings is 1. The predicted octanol–water partition coefficient (Wildman–Crippen LogP) is 4.49. The van der Waals surface area contributed by atoms with Gasteiger partial charge in [0.2, 0.25) is 5.88 Å². The molecule has 0 amide bonds. The minimum absolute atomic E-state index is 0.159. The molecular weight excluding hydrogens is 287 g/mol. The van der Waals surface area contributed by atoms with Crippen molar-refractivity contribution in [3.8, 4) is 22.4 Å². The molecule has 1 aromatic carbocycles. The van der Waals surface area contributed by atoms with E-state index in [1.807, 2.05) is 0 Å². The van der Waals surface area contributed by atoms with E-state index in [0.29, 0.717) is 26.9 Å². The Labute approximate surface area is 118 Å². The molecule has 0 spiro atoms. The molecule has 2 N–H and O–H groups in total. The maximum absolute atomic E-state index is 6.19. The number of hydrogen-bond donors (Lipinski definition) is 1. The lowest BCUT2D eigenvalue weighted by Gasteiger charge is -2.06. The highest BCUT2D eigenvalue weighted by atomic mass is 35.5. The Morgan fingerprint density at radius 3 is 2.42 bits per heavy atom. The number of nitrogens with two attached hydrogens (primary N) is 1. The van der Waals surface area contributed by atoms with Gasteiger partial charge in [0.05, 0.1) is 28.1 Å². The molecule has 0 atom stereocenters. The Hall–Kier alpha value is -1.91. The lowest BCUT2D eigenvalue weighted by atomic mass is 10.0. The number of furan rings is 1. The minimum Gasteiger partial charge on any atom is -0.472 e. The van der Waals surface area contributed by atoms with E-state index in [4.69, 9.17) is 37.9 Å². The summed E-state index contributed by atoms with van der Waals surface area (Å²) in [7, 11) is 0. The van der Waals surface area contributed by atoms with Crippen LogP contribution in [-0.4, -0.2) is 5.16 Å². The second kappa shape index (κ2) is 4.64. The number of aromatic nitrogens is 1. The van der Waals surface area contributed by atoms with Crippen LogP contribution < -0.4 is 5.73 Å². The van der Waals surface area contributed by atoms with Crippen LogP contribution in [-0.2, 0) is 0 Å². The van der Waals surface area contributed by atoms with Crippen molar-refractivity contribution in [2.75, 3.05) is 5.73 Å². The van der Waals surface area contributed by atoms with Gasteiger partial charge >= 0.3 is 0 Å². The Kier molecular flexibility index (Phi) is 2.97. The van der Waals surface area contributed by atoms with E-state index in [1.54, 1.807) is 30.5 Å².